The number of hydrogen-bond donors (Lipinski definition) is 1. The van der Waals surface area contributed by atoms with Gasteiger partial charge in [0, 0.05) is 11.8 Å². The van der Waals surface area contributed by atoms with Crippen LogP contribution in [0.3, 0.4) is 0 Å². The van der Waals surface area contributed by atoms with Crippen molar-refractivity contribution in [2.24, 2.45) is 10.5 Å². The molecule has 0 aromatic rings. The summed E-state index contributed by atoms with van der Waals surface area (Å²) in [5.74, 6) is 0.515. The van der Waals surface area contributed by atoms with Crippen LogP contribution >= 0.6 is 11.8 Å². The lowest BCUT2D eigenvalue weighted by Crippen LogP contribution is -2.26. The molecule has 1 heterocycles. The van der Waals surface area contributed by atoms with Crippen LogP contribution in [0.25, 0.3) is 0 Å². The molecule has 13 heavy (non-hydrogen) atoms. The van der Waals surface area contributed by atoms with Crippen LogP contribution in [0.15, 0.2) is 10.5 Å². The Bertz CT molecular complexity index is 168. The van der Waals surface area contributed by atoms with Crippen LogP contribution < -0.4 is 0 Å². The third kappa shape index (κ3) is 3.40. The van der Waals surface area contributed by atoms with Gasteiger partial charge in [-0.1, -0.05) is 0 Å². The second-order valence-corrected chi connectivity index (χ2v) is 3.66. The van der Waals surface area contributed by atoms with E-state index in [-0.39, 0.29) is 12.6 Å². The first-order chi connectivity index (χ1) is 6.38. The third-order valence-electron chi connectivity index (χ3n) is 1.94. The van der Waals surface area contributed by atoms with Crippen LogP contribution in [0.1, 0.15) is 12.8 Å². The summed E-state index contributed by atoms with van der Waals surface area (Å²) in [6.45, 7) is 0.999. The fraction of sp³-hybridized carbons (Fsp3) is 1.00. The molecule has 0 amide bonds. The van der Waals surface area contributed by atoms with Gasteiger partial charge in [-0.15, -0.1) is 11.8 Å². The summed E-state index contributed by atoms with van der Waals surface area (Å²) in [6, 6.07) is 0.127. The molecular weight excluding hydrogens is 190 g/mol. The maximum Gasteiger partial charge on any atom is 0.164 e. The molecule has 0 aliphatic carbocycles. The summed E-state index contributed by atoms with van der Waals surface area (Å²) in [5, 5.41) is 18.2. The van der Waals surface area contributed by atoms with Crippen molar-refractivity contribution < 1.29 is 9.94 Å². The summed E-state index contributed by atoms with van der Waals surface area (Å²) in [5.41, 5.74) is 0. The van der Waals surface area contributed by atoms with E-state index in [1.54, 1.807) is 16.8 Å². The van der Waals surface area contributed by atoms with Crippen molar-refractivity contribution in [3.63, 3.8) is 0 Å². The highest BCUT2D eigenvalue weighted by molar-refractivity contribution is 7.98. The highest BCUT2D eigenvalue weighted by Crippen LogP contribution is 2.16. The molecule has 1 aliphatic rings. The Labute approximate surface area is 82.1 Å². The average Bonchev–Trinajstić information content (AvgIpc) is 2.60. The molecule has 1 fully saturated rings. The summed E-state index contributed by atoms with van der Waals surface area (Å²) < 4.78 is 0. The quantitative estimate of drug-likeness (QED) is 0.315. The minimum absolute atomic E-state index is 0.127. The maximum absolute atomic E-state index is 8.95. The predicted octanol–water partition coefficient (Wildman–Crippen LogP) is 1.06. The number of aliphatic hydroxyl groups excluding tert-OH is 1. The molecule has 0 bridgehead atoms. The second-order valence-electron chi connectivity index (χ2n) is 2.85. The van der Waals surface area contributed by atoms with Crippen LogP contribution in [-0.4, -0.2) is 41.5 Å². The topological polar surface area (TPSA) is 57.4 Å². The van der Waals surface area contributed by atoms with Crippen molar-refractivity contribution in [3.8, 4) is 0 Å². The molecule has 1 atom stereocenters. The van der Waals surface area contributed by atoms with E-state index in [0.717, 1.165) is 19.4 Å². The van der Waals surface area contributed by atoms with E-state index in [9.17, 15) is 0 Å². The molecule has 76 valence electrons. The first kappa shape index (κ1) is 10.6. The Morgan fingerprint density at radius 2 is 2.54 bits per heavy atom. The molecule has 1 aliphatic heterocycles. The van der Waals surface area contributed by atoms with E-state index in [1.165, 1.54) is 0 Å². The average molecular weight is 205 g/mol. The normalized spacial score (nSPS) is 22.9. The lowest BCUT2D eigenvalue weighted by molar-refractivity contribution is 0.101. The van der Waals surface area contributed by atoms with Gasteiger partial charge in [0.25, 0.3) is 0 Å². The second kappa shape index (κ2) is 6.04. The van der Waals surface area contributed by atoms with Crippen molar-refractivity contribution in [2.75, 3.05) is 25.3 Å². The van der Waals surface area contributed by atoms with Crippen molar-refractivity contribution in [1.82, 2.24) is 5.01 Å². The lowest BCUT2D eigenvalue weighted by atomic mass is 10.2. The number of rotatable bonds is 5. The van der Waals surface area contributed by atoms with Crippen LogP contribution in [0, 0.1) is 0 Å². The van der Waals surface area contributed by atoms with Crippen molar-refractivity contribution in [1.29, 1.82) is 0 Å². The largest absolute Gasteiger partial charge is 0.394 e. The monoisotopic (exact) mass is 205 g/mol. The maximum atomic E-state index is 8.95. The molecular formula is C7H15N3O2S. The Balaban J connectivity index is 2.22. The van der Waals surface area contributed by atoms with Gasteiger partial charge >= 0.3 is 0 Å². The van der Waals surface area contributed by atoms with Gasteiger partial charge in [-0.25, -0.2) is 0 Å². The van der Waals surface area contributed by atoms with E-state index in [0.29, 0.717) is 5.94 Å². The van der Waals surface area contributed by atoms with Gasteiger partial charge < -0.3 is 9.94 Å². The summed E-state index contributed by atoms with van der Waals surface area (Å²) >= 11 is 1.55. The zero-order chi connectivity index (χ0) is 9.52. The molecule has 1 N–H and O–H groups in total. The van der Waals surface area contributed by atoms with E-state index in [4.69, 9.17) is 9.94 Å². The summed E-state index contributed by atoms with van der Waals surface area (Å²) in [4.78, 5) is 4.84. The van der Waals surface area contributed by atoms with Crippen LogP contribution in [0.2, 0.25) is 0 Å². The Morgan fingerprint density at radius 3 is 3.23 bits per heavy atom. The van der Waals surface area contributed by atoms with Crippen LogP contribution in [-0.2, 0) is 4.84 Å². The van der Waals surface area contributed by atoms with E-state index >= 15 is 0 Å². The standard InChI is InChI=1S/C7H15N3O2S/c1-13-6-12-9-8-10-4-2-3-7(10)5-11/h7,11H,2-6H2,1H3/b9-8-. The Morgan fingerprint density at radius 1 is 1.69 bits per heavy atom. The molecule has 1 rings (SSSR count). The van der Waals surface area contributed by atoms with Gasteiger partial charge in [0.15, 0.2) is 5.94 Å². The lowest BCUT2D eigenvalue weighted by Gasteiger charge is -2.16. The smallest absolute Gasteiger partial charge is 0.164 e. The van der Waals surface area contributed by atoms with Crippen molar-refractivity contribution in [3.05, 3.63) is 0 Å². The first-order valence-corrected chi connectivity index (χ1v) is 5.67. The first-order valence-electron chi connectivity index (χ1n) is 4.28. The molecule has 0 aromatic heterocycles. The SMILES string of the molecule is CSCO/N=N\N1CCCC1CO. The molecule has 0 saturated carbocycles. The third-order valence-corrected chi connectivity index (χ3v) is 2.28. The highest BCUT2D eigenvalue weighted by Gasteiger charge is 2.22. The fourth-order valence-corrected chi connectivity index (χ4v) is 1.43. The van der Waals surface area contributed by atoms with Gasteiger partial charge in [-0.2, -0.15) is 0 Å². The van der Waals surface area contributed by atoms with Gasteiger partial charge in [-0.05, 0) is 24.3 Å². The van der Waals surface area contributed by atoms with Gasteiger partial charge in [0.2, 0.25) is 0 Å². The van der Waals surface area contributed by atoms with Crippen LogP contribution in [0.4, 0.5) is 0 Å². The fourth-order valence-electron chi connectivity index (χ4n) is 1.27. The summed E-state index contributed by atoms with van der Waals surface area (Å²) in [6.07, 6.45) is 3.98. The zero-order valence-corrected chi connectivity index (χ0v) is 8.53. The van der Waals surface area contributed by atoms with Gasteiger partial charge in [-0.3, -0.25) is 5.01 Å². The van der Waals surface area contributed by atoms with Crippen molar-refractivity contribution >= 4 is 11.8 Å². The molecule has 0 aromatic carbocycles. The molecule has 0 spiro atoms. The van der Waals surface area contributed by atoms with Crippen molar-refractivity contribution in [2.45, 2.75) is 18.9 Å². The molecule has 1 saturated heterocycles. The Kier molecular flexibility index (Phi) is 4.92. The number of nitrogens with zero attached hydrogens (tertiary/aromatic N) is 3. The Hall–Kier alpha value is -0.490. The van der Waals surface area contributed by atoms with Crippen LogP contribution in [0.5, 0.6) is 0 Å². The molecule has 5 nitrogen and oxygen atoms in total. The summed E-state index contributed by atoms with van der Waals surface area (Å²) in [7, 11) is 0. The zero-order valence-electron chi connectivity index (χ0n) is 7.72. The number of aliphatic hydroxyl groups is 1. The van der Waals surface area contributed by atoms with Gasteiger partial charge in [0.1, 0.15) is 0 Å². The minimum atomic E-state index is 0.127. The number of hydrogen-bond acceptors (Lipinski definition) is 5. The predicted molar refractivity (Wildman–Crippen MR) is 51.1 cm³/mol. The molecule has 1 unspecified atom stereocenters. The highest BCUT2D eigenvalue weighted by atomic mass is 32.2. The van der Waals surface area contributed by atoms with E-state index < -0.39 is 0 Å². The molecule has 0 radical (unpaired) electrons. The van der Waals surface area contributed by atoms with E-state index in [1.807, 2.05) is 6.26 Å². The van der Waals surface area contributed by atoms with E-state index in [2.05, 4.69) is 10.5 Å². The van der Waals surface area contributed by atoms with Gasteiger partial charge in [0.05, 0.1) is 12.6 Å². The number of thioether (sulfide) groups is 1. The molecule has 6 heteroatoms. The minimum Gasteiger partial charge on any atom is -0.394 e.